The minimum absolute atomic E-state index is 0.0405. The fourth-order valence-electron chi connectivity index (χ4n) is 2.63. The number of carbonyl (C=O) groups excluding carboxylic acids is 2. The molecule has 1 atom stereocenters. The molecule has 2 N–H and O–H groups in total. The summed E-state index contributed by atoms with van der Waals surface area (Å²) < 4.78 is 28.0. The highest BCUT2D eigenvalue weighted by molar-refractivity contribution is 7.94. The molecule has 0 fully saturated rings. The number of ether oxygens (including phenoxy) is 1. The second-order valence-electron chi connectivity index (χ2n) is 5.47. The van der Waals surface area contributed by atoms with Gasteiger partial charge in [0, 0.05) is 23.7 Å². The number of fused-ring (bicyclic) bond motifs is 1. The number of carbonyl (C=O) groups is 2. The Morgan fingerprint density at radius 1 is 1.42 bits per heavy atom. The summed E-state index contributed by atoms with van der Waals surface area (Å²) in [4.78, 5) is 25.3. The number of hydrogen-bond acceptors (Lipinski definition) is 5. The van der Waals surface area contributed by atoms with E-state index in [1.54, 1.807) is 23.1 Å². The Bertz CT molecular complexity index is 818. The molecule has 0 aliphatic carbocycles. The van der Waals surface area contributed by atoms with Crippen LogP contribution in [-0.2, 0) is 14.6 Å². The highest BCUT2D eigenvalue weighted by Gasteiger charge is 2.25. The van der Waals surface area contributed by atoms with Crippen LogP contribution in [0.4, 0.5) is 16.2 Å². The summed E-state index contributed by atoms with van der Waals surface area (Å²) in [5, 5.41) is 6.30. The molecule has 24 heavy (non-hydrogen) atoms. The van der Waals surface area contributed by atoms with Crippen molar-refractivity contribution in [1.29, 1.82) is 0 Å². The molecular weight excluding hydrogens is 334 g/mol. The van der Waals surface area contributed by atoms with Crippen molar-refractivity contribution in [3.05, 3.63) is 29.7 Å². The Hall–Kier alpha value is -2.55. The van der Waals surface area contributed by atoms with E-state index in [1.807, 2.05) is 6.92 Å². The van der Waals surface area contributed by atoms with E-state index >= 15 is 0 Å². The largest absolute Gasteiger partial charge is 0.481 e. The molecule has 0 aromatic heterocycles. The van der Waals surface area contributed by atoms with E-state index in [2.05, 4.69) is 10.6 Å². The average molecular weight is 351 g/mol. The van der Waals surface area contributed by atoms with Crippen molar-refractivity contribution in [2.75, 3.05) is 29.1 Å². The molecule has 0 radical (unpaired) electrons. The van der Waals surface area contributed by atoms with Crippen LogP contribution < -0.4 is 20.3 Å². The lowest BCUT2D eigenvalue weighted by Gasteiger charge is -2.28. The van der Waals surface area contributed by atoms with Crippen LogP contribution in [0, 0.1) is 0 Å². The predicted molar refractivity (Wildman–Crippen MR) is 88.8 cm³/mol. The van der Waals surface area contributed by atoms with Crippen LogP contribution in [0.5, 0.6) is 5.75 Å². The van der Waals surface area contributed by atoms with E-state index in [0.717, 1.165) is 5.41 Å². The number of benzene rings is 1. The Balaban J connectivity index is 1.67. The van der Waals surface area contributed by atoms with E-state index in [0.29, 0.717) is 23.7 Å². The van der Waals surface area contributed by atoms with E-state index in [1.165, 1.54) is 6.08 Å². The molecule has 2 heterocycles. The molecule has 0 spiro atoms. The van der Waals surface area contributed by atoms with E-state index in [4.69, 9.17) is 4.74 Å². The zero-order chi connectivity index (χ0) is 17.3. The third-order valence-corrected chi connectivity index (χ3v) is 5.12. The van der Waals surface area contributed by atoms with Crippen molar-refractivity contribution in [2.24, 2.45) is 0 Å². The SMILES string of the molecule is CCN1C(=O)COc2cc(NC(=O)N[C@@H]3C=CS(=O)(=O)C3)ccc21. The summed E-state index contributed by atoms with van der Waals surface area (Å²) in [6.45, 7) is 2.36. The van der Waals surface area contributed by atoms with Crippen molar-refractivity contribution >= 4 is 33.2 Å². The van der Waals surface area contributed by atoms with Crippen LogP contribution >= 0.6 is 0 Å². The number of nitrogens with zero attached hydrogens (tertiary/aromatic N) is 1. The van der Waals surface area contributed by atoms with Gasteiger partial charge < -0.3 is 20.3 Å². The Kier molecular flexibility index (Phi) is 4.18. The van der Waals surface area contributed by atoms with Gasteiger partial charge in [-0.25, -0.2) is 13.2 Å². The zero-order valence-corrected chi connectivity index (χ0v) is 13.8. The second-order valence-corrected chi connectivity index (χ2v) is 7.40. The monoisotopic (exact) mass is 351 g/mol. The van der Waals surface area contributed by atoms with Crippen LogP contribution in [0.15, 0.2) is 29.7 Å². The molecule has 0 bridgehead atoms. The number of amides is 3. The van der Waals surface area contributed by atoms with Gasteiger partial charge >= 0.3 is 6.03 Å². The number of nitrogens with one attached hydrogen (secondary N) is 2. The standard InChI is InChI=1S/C15H17N3O5S/c1-2-18-12-4-3-10(7-13(12)23-8-14(18)19)16-15(20)17-11-5-6-24(21,22)9-11/h3-7,11H,2,8-9H2,1H3,(H2,16,17,20)/t11-/m1/s1. The maximum absolute atomic E-state index is 12.0. The summed E-state index contributed by atoms with van der Waals surface area (Å²) in [7, 11) is -3.22. The number of rotatable bonds is 3. The predicted octanol–water partition coefficient (Wildman–Crippen LogP) is 0.864. The third kappa shape index (κ3) is 3.35. The molecular formula is C15H17N3O5S. The van der Waals surface area contributed by atoms with Gasteiger partial charge in [-0.1, -0.05) is 0 Å². The Morgan fingerprint density at radius 2 is 2.21 bits per heavy atom. The first-order valence-corrected chi connectivity index (χ1v) is 9.15. The first kappa shape index (κ1) is 16.3. The molecule has 1 aromatic carbocycles. The Labute approximate surface area is 139 Å². The van der Waals surface area contributed by atoms with Crippen molar-refractivity contribution < 1.29 is 22.7 Å². The van der Waals surface area contributed by atoms with Crippen LogP contribution in [-0.4, -0.2) is 45.3 Å². The summed E-state index contributed by atoms with van der Waals surface area (Å²) in [5.41, 5.74) is 1.14. The smallest absolute Gasteiger partial charge is 0.319 e. The molecule has 2 aliphatic rings. The lowest BCUT2D eigenvalue weighted by molar-refractivity contribution is -0.121. The second kappa shape index (κ2) is 6.16. The van der Waals surface area contributed by atoms with Crippen LogP contribution in [0.25, 0.3) is 0 Å². The zero-order valence-electron chi connectivity index (χ0n) is 13.0. The summed E-state index contributed by atoms with van der Waals surface area (Å²) in [6.07, 6.45) is 1.44. The molecule has 2 aliphatic heterocycles. The summed E-state index contributed by atoms with van der Waals surface area (Å²) in [5.74, 6) is 0.261. The number of urea groups is 1. The van der Waals surface area contributed by atoms with Crippen molar-refractivity contribution in [2.45, 2.75) is 13.0 Å². The number of sulfone groups is 1. The number of likely N-dealkylation sites (N-methyl/N-ethyl adjacent to an activating group) is 1. The molecule has 8 nitrogen and oxygen atoms in total. The van der Waals surface area contributed by atoms with E-state index < -0.39 is 21.9 Å². The summed E-state index contributed by atoms with van der Waals surface area (Å²) >= 11 is 0. The van der Waals surface area contributed by atoms with E-state index in [-0.39, 0.29) is 18.3 Å². The van der Waals surface area contributed by atoms with Crippen molar-refractivity contribution in [1.82, 2.24) is 5.32 Å². The highest BCUT2D eigenvalue weighted by Crippen LogP contribution is 2.34. The van der Waals surface area contributed by atoms with Gasteiger partial charge in [0.15, 0.2) is 16.4 Å². The van der Waals surface area contributed by atoms with Gasteiger partial charge in [-0.05, 0) is 25.1 Å². The van der Waals surface area contributed by atoms with Crippen LogP contribution in [0.1, 0.15) is 6.92 Å². The number of anilines is 2. The fraction of sp³-hybridized carbons (Fsp3) is 0.333. The molecule has 9 heteroatoms. The maximum Gasteiger partial charge on any atom is 0.319 e. The molecule has 0 saturated heterocycles. The first-order chi connectivity index (χ1) is 11.4. The lowest BCUT2D eigenvalue weighted by Crippen LogP contribution is -2.39. The topological polar surface area (TPSA) is 105 Å². The molecule has 3 rings (SSSR count). The fourth-order valence-corrected chi connectivity index (χ4v) is 3.87. The lowest BCUT2D eigenvalue weighted by atomic mass is 10.2. The van der Waals surface area contributed by atoms with Crippen LogP contribution in [0.3, 0.4) is 0 Å². The van der Waals surface area contributed by atoms with Gasteiger partial charge in [0.25, 0.3) is 5.91 Å². The minimum atomic E-state index is -3.22. The molecule has 3 amide bonds. The van der Waals surface area contributed by atoms with Gasteiger partial charge in [-0.2, -0.15) is 0 Å². The van der Waals surface area contributed by atoms with E-state index in [9.17, 15) is 18.0 Å². The van der Waals surface area contributed by atoms with Crippen molar-refractivity contribution in [3.63, 3.8) is 0 Å². The van der Waals surface area contributed by atoms with Gasteiger partial charge in [-0.15, -0.1) is 0 Å². The molecule has 128 valence electrons. The summed E-state index contributed by atoms with van der Waals surface area (Å²) in [6, 6.07) is 3.93. The average Bonchev–Trinajstić information content (AvgIpc) is 2.86. The maximum atomic E-state index is 12.0. The van der Waals surface area contributed by atoms with Gasteiger partial charge in [0.1, 0.15) is 5.75 Å². The van der Waals surface area contributed by atoms with Gasteiger partial charge in [0.2, 0.25) is 0 Å². The number of hydrogen-bond donors (Lipinski definition) is 2. The Morgan fingerprint density at radius 3 is 2.88 bits per heavy atom. The first-order valence-electron chi connectivity index (χ1n) is 7.43. The van der Waals surface area contributed by atoms with Crippen LogP contribution in [0.2, 0.25) is 0 Å². The normalized spacial score (nSPS) is 21.1. The van der Waals surface area contributed by atoms with Gasteiger partial charge in [-0.3, -0.25) is 4.79 Å². The third-order valence-electron chi connectivity index (χ3n) is 3.72. The van der Waals surface area contributed by atoms with Gasteiger partial charge in [0.05, 0.1) is 17.5 Å². The van der Waals surface area contributed by atoms with Crippen molar-refractivity contribution in [3.8, 4) is 5.75 Å². The minimum Gasteiger partial charge on any atom is -0.481 e. The molecule has 1 aromatic rings. The molecule has 0 saturated carbocycles. The molecule has 0 unspecified atom stereocenters. The highest BCUT2D eigenvalue weighted by atomic mass is 32.2. The quantitative estimate of drug-likeness (QED) is 0.840.